The molecule has 0 saturated heterocycles. The van der Waals surface area contributed by atoms with Crippen molar-refractivity contribution in [3.05, 3.63) is 71.5 Å². The second-order valence-corrected chi connectivity index (χ2v) is 9.13. The molecule has 2 aliphatic rings. The summed E-state index contributed by atoms with van der Waals surface area (Å²) in [4.78, 5) is 15.0. The summed E-state index contributed by atoms with van der Waals surface area (Å²) in [6.07, 6.45) is 5.58. The topological polar surface area (TPSA) is 51.0 Å². The van der Waals surface area contributed by atoms with Crippen molar-refractivity contribution in [1.82, 2.24) is 19.7 Å². The molecule has 0 radical (unpaired) electrons. The monoisotopic (exact) mass is 418 g/mol. The number of aromatic nitrogens is 3. The first-order chi connectivity index (χ1) is 14.7. The van der Waals surface area contributed by atoms with Gasteiger partial charge >= 0.3 is 0 Å². The number of para-hydroxylation sites is 1. The summed E-state index contributed by atoms with van der Waals surface area (Å²) < 4.78 is 2.13. The van der Waals surface area contributed by atoms with Crippen LogP contribution in [0.25, 0.3) is 5.69 Å². The summed E-state index contributed by atoms with van der Waals surface area (Å²) in [6, 6.07) is 18.9. The van der Waals surface area contributed by atoms with Crippen molar-refractivity contribution >= 4 is 17.7 Å². The molecule has 154 valence electrons. The number of nitrogens with zero attached hydrogens (tertiary/aromatic N) is 4. The van der Waals surface area contributed by atoms with Crippen molar-refractivity contribution in [2.24, 2.45) is 0 Å². The van der Waals surface area contributed by atoms with Gasteiger partial charge in [-0.1, -0.05) is 54.2 Å². The van der Waals surface area contributed by atoms with Crippen LogP contribution < -0.4 is 0 Å². The third kappa shape index (κ3) is 3.76. The second-order valence-electron chi connectivity index (χ2n) is 8.19. The molecular formula is C24H26N4OS. The van der Waals surface area contributed by atoms with Gasteiger partial charge in [-0.2, -0.15) is 0 Å². The number of carbonyl (C=O) groups is 1. The summed E-state index contributed by atoms with van der Waals surface area (Å²) in [6.45, 7) is 0. The predicted octanol–water partition coefficient (Wildman–Crippen LogP) is 4.77. The Bertz CT molecular complexity index is 1040. The maximum absolute atomic E-state index is 13.1. The summed E-state index contributed by atoms with van der Waals surface area (Å²) in [7, 11) is 1.94. The summed E-state index contributed by atoms with van der Waals surface area (Å²) in [5.74, 6) is 2.01. The van der Waals surface area contributed by atoms with Crippen molar-refractivity contribution < 1.29 is 4.79 Å². The van der Waals surface area contributed by atoms with Crippen LogP contribution in [-0.2, 0) is 11.2 Å². The Kier molecular flexibility index (Phi) is 5.34. The van der Waals surface area contributed by atoms with Crippen LogP contribution in [0.3, 0.4) is 0 Å². The molecule has 1 fully saturated rings. The van der Waals surface area contributed by atoms with Gasteiger partial charge in [0.25, 0.3) is 0 Å². The number of hydrogen-bond acceptors (Lipinski definition) is 4. The van der Waals surface area contributed by atoms with Gasteiger partial charge in [0.15, 0.2) is 5.16 Å². The van der Waals surface area contributed by atoms with Crippen LogP contribution in [-0.4, -0.2) is 38.4 Å². The fourth-order valence-corrected chi connectivity index (χ4v) is 5.22. The van der Waals surface area contributed by atoms with Crippen LogP contribution in [0.4, 0.5) is 0 Å². The highest BCUT2D eigenvalue weighted by atomic mass is 32.2. The zero-order valence-corrected chi connectivity index (χ0v) is 18.0. The van der Waals surface area contributed by atoms with E-state index in [-0.39, 0.29) is 11.9 Å². The molecule has 1 saturated carbocycles. The smallest absolute Gasteiger partial charge is 0.233 e. The molecule has 5 nitrogen and oxygen atoms in total. The number of amides is 1. The number of hydrogen-bond donors (Lipinski definition) is 0. The molecule has 3 aromatic rings. The van der Waals surface area contributed by atoms with Gasteiger partial charge in [0.1, 0.15) is 5.82 Å². The molecule has 0 unspecified atom stereocenters. The Labute approximate surface area is 181 Å². The van der Waals surface area contributed by atoms with E-state index in [0.29, 0.717) is 11.7 Å². The lowest BCUT2D eigenvalue weighted by atomic mass is 9.87. The first-order valence-electron chi connectivity index (χ1n) is 10.7. The van der Waals surface area contributed by atoms with E-state index in [0.717, 1.165) is 35.9 Å². The molecule has 1 aromatic heterocycles. The van der Waals surface area contributed by atoms with Crippen LogP contribution in [0.2, 0.25) is 0 Å². The third-order valence-corrected chi connectivity index (χ3v) is 7.05. The van der Waals surface area contributed by atoms with Gasteiger partial charge in [0.2, 0.25) is 5.91 Å². The zero-order valence-electron chi connectivity index (χ0n) is 17.2. The van der Waals surface area contributed by atoms with Crippen molar-refractivity contribution in [3.8, 4) is 5.69 Å². The Morgan fingerprint density at radius 2 is 1.83 bits per heavy atom. The minimum Gasteiger partial charge on any atom is -0.338 e. The lowest BCUT2D eigenvalue weighted by Crippen LogP contribution is -2.34. The van der Waals surface area contributed by atoms with Crippen LogP contribution in [0.5, 0.6) is 0 Å². The number of aryl methyl sites for hydroxylation is 1. The first kappa shape index (κ1) is 19.4. The van der Waals surface area contributed by atoms with Crippen molar-refractivity contribution in [2.75, 3.05) is 12.8 Å². The average Bonchev–Trinajstić information content (AvgIpc) is 3.56. The molecule has 0 bridgehead atoms. The standard InChI is InChI=1S/C24H26N4OS/c1-27(21-13-7-9-17-8-5-6-12-20(17)21)22(29)16-30-24-26-25-23(18-14-15-18)28(24)19-10-3-2-4-11-19/h2-6,8,10-12,18,21H,7,9,13-16H2,1H3/t21-/m1/s1. The molecule has 6 heteroatoms. The van der Waals surface area contributed by atoms with E-state index in [1.54, 1.807) is 0 Å². The van der Waals surface area contributed by atoms with Crippen LogP contribution in [0, 0.1) is 0 Å². The van der Waals surface area contributed by atoms with Gasteiger partial charge in [-0.05, 0) is 55.4 Å². The van der Waals surface area contributed by atoms with Crippen molar-refractivity contribution in [1.29, 1.82) is 0 Å². The molecule has 2 aromatic carbocycles. The normalized spacial score (nSPS) is 18.1. The van der Waals surface area contributed by atoms with E-state index >= 15 is 0 Å². The number of thioether (sulfide) groups is 1. The molecular weight excluding hydrogens is 392 g/mol. The quantitative estimate of drug-likeness (QED) is 0.541. The molecule has 1 atom stereocenters. The fraction of sp³-hybridized carbons (Fsp3) is 0.375. The highest BCUT2D eigenvalue weighted by Crippen LogP contribution is 2.41. The van der Waals surface area contributed by atoms with Crippen molar-refractivity contribution in [3.63, 3.8) is 0 Å². The third-order valence-electron chi connectivity index (χ3n) is 6.14. The van der Waals surface area contributed by atoms with Gasteiger partial charge in [-0.25, -0.2) is 0 Å². The van der Waals surface area contributed by atoms with Gasteiger partial charge in [0.05, 0.1) is 11.8 Å². The number of benzene rings is 2. The highest BCUT2D eigenvalue weighted by molar-refractivity contribution is 7.99. The fourth-order valence-electron chi connectivity index (χ4n) is 4.33. The molecule has 1 amide bonds. The number of carbonyl (C=O) groups excluding carboxylic acids is 1. The number of fused-ring (bicyclic) bond motifs is 1. The van der Waals surface area contributed by atoms with Crippen LogP contribution >= 0.6 is 11.8 Å². The highest BCUT2D eigenvalue weighted by Gasteiger charge is 2.32. The minimum atomic E-state index is 0.136. The van der Waals surface area contributed by atoms with Gasteiger partial charge < -0.3 is 4.90 Å². The molecule has 5 rings (SSSR count). The van der Waals surface area contributed by atoms with Crippen LogP contribution in [0.1, 0.15) is 54.6 Å². The van der Waals surface area contributed by atoms with E-state index in [1.807, 2.05) is 30.1 Å². The van der Waals surface area contributed by atoms with Gasteiger partial charge in [0, 0.05) is 18.7 Å². The second kappa shape index (κ2) is 8.26. The van der Waals surface area contributed by atoms with Crippen molar-refractivity contribution in [2.45, 2.75) is 49.2 Å². The van der Waals surface area contributed by atoms with Crippen LogP contribution in [0.15, 0.2) is 59.8 Å². The Balaban J connectivity index is 1.33. The maximum Gasteiger partial charge on any atom is 0.233 e. The van der Waals surface area contributed by atoms with E-state index in [4.69, 9.17) is 0 Å². The Hall–Kier alpha value is -2.60. The van der Waals surface area contributed by atoms with E-state index in [9.17, 15) is 4.79 Å². The van der Waals surface area contributed by atoms with E-state index < -0.39 is 0 Å². The zero-order chi connectivity index (χ0) is 20.5. The summed E-state index contributed by atoms with van der Waals surface area (Å²) in [5.41, 5.74) is 3.74. The van der Waals surface area contributed by atoms with Gasteiger partial charge in [-0.15, -0.1) is 10.2 Å². The Morgan fingerprint density at radius 3 is 2.63 bits per heavy atom. The molecule has 0 aliphatic heterocycles. The largest absolute Gasteiger partial charge is 0.338 e. The predicted molar refractivity (Wildman–Crippen MR) is 119 cm³/mol. The summed E-state index contributed by atoms with van der Waals surface area (Å²) >= 11 is 1.49. The van der Waals surface area contributed by atoms with E-state index in [1.165, 1.54) is 35.7 Å². The first-order valence-corrected chi connectivity index (χ1v) is 11.7. The van der Waals surface area contributed by atoms with E-state index in [2.05, 4.69) is 51.2 Å². The van der Waals surface area contributed by atoms with Gasteiger partial charge in [-0.3, -0.25) is 9.36 Å². The lowest BCUT2D eigenvalue weighted by molar-refractivity contribution is -0.129. The molecule has 30 heavy (non-hydrogen) atoms. The summed E-state index contributed by atoms with van der Waals surface area (Å²) in [5, 5.41) is 9.70. The molecule has 1 heterocycles. The number of rotatable bonds is 6. The molecule has 2 aliphatic carbocycles. The SMILES string of the molecule is CN(C(=O)CSc1nnc(C2CC2)n1-c1ccccc1)[C@@H]1CCCc2ccccc21. The molecule has 0 N–H and O–H groups in total. The average molecular weight is 419 g/mol. The Morgan fingerprint density at radius 1 is 1.07 bits per heavy atom. The lowest BCUT2D eigenvalue weighted by Gasteiger charge is -2.33. The minimum absolute atomic E-state index is 0.136. The molecule has 0 spiro atoms. The maximum atomic E-state index is 13.1.